The van der Waals surface area contributed by atoms with Gasteiger partial charge in [-0.3, -0.25) is 0 Å². The van der Waals surface area contributed by atoms with E-state index in [0.29, 0.717) is 5.56 Å². The molecule has 0 amide bonds. The summed E-state index contributed by atoms with van der Waals surface area (Å²) in [6.07, 6.45) is 0.820. The Kier molecular flexibility index (Phi) is 2.91. The van der Waals surface area contributed by atoms with Crippen molar-refractivity contribution in [2.75, 3.05) is 0 Å². The van der Waals surface area contributed by atoms with Crippen LogP contribution in [0.1, 0.15) is 12.5 Å². The molecule has 2 aromatic carbocycles. The number of rotatable bonds is 2. The lowest BCUT2D eigenvalue weighted by Gasteiger charge is -2.10. The lowest BCUT2D eigenvalue weighted by molar-refractivity contribution is 0.450. The molecule has 0 aliphatic rings. The third-order valence-corrected chi connectivity index (χ3v) is 2.76. The van der Waals surface area contributed by atoms with Crippen molar-refractivity contribution in [3.05, 3.63) is 42.0 Å². The van der Waals surface area contributed by atoms with E-state index in [2.05, 4.69) is 0 Å². The van der Waals surface area contributed by atoms with Crippen LogP contribution in [0.15, 0.2) is 36.4 Å². The van der Waals surface area contributed by atoms with Crippen LogP contribution in [0, 0.1) is 0 Å². The first-order chi connectivity index (χ1) is 8.13. The summed E-state index contributed by atoms with van der Waals surface area (Å²) in [6, 6.07) is 9.70. The predicted octanol–water partition coefficient (Wildman–Crippen LogP) is 3.03. The Morgan fingerprint density at radius 3 is 2.06 bits per heavy atom. The molecule has 0 fully saturated rings. The Balaban J connectivity index is 2.61. The van der Waals surface area contributed by atoms with Crippen LogP contribution in [0.2, 0.25) is 0 Å². The first-order valence-corrected chi connectivity index (χ1v) is 5.46. The Hall–Kier alpha value is -2.16. The topological polar surface area (TPSA) is 60.7 Å². The molecule has 0 saturated carbocycles. The van der Waals surface area contributed by atoms with E-state index in [1.165, 1.54) is 12.1 Å². The van der Waals surface area contributed by atoms with E-state index in [1.807, 2.05) is 13.0 Å². The molecule has 0 atom stereocenters. The second-order valence-electron chi connectivity index (χ2n) is 3.88. The predicted molar refractivity (Wildman–Crippen MR) is 66.3 cm³/mol. The van der Waals surface area contributed by atoms with Gasteiger partial charge in [0, 0.05) is 5.56 Å². The second kappa shape index (κ2) is 4.37. The van der Waals surface area contributed by atoms with Crippen molar-refractivity contribution in [2.24, 2.45) is 0 Å². The van der Waals surface area contributed by atoms with Gasteiger partial charge in [0.25, 0.3) is 0 Å². The van der Waals surface area contributed by atoms with Crippen LogP contribution in [0.5, 0.6) is 17.2 Å². The van der Waals surface area contributed by atoms with Crippen LogP contribution in [0.3, 0.4) is 0 Å². The second-order valence-corrected chi connectivity index (χ2v) is 3.88. The summed E-state index contributed by atoms with van der Waals surface area (Å²) in [4.78, 5) is 0. The largest absolute Gasteiger partial charge is 0.507 e. The van der Waals surface area contributed by atoms with Gasteiger partial charge in [-0.25, -0.2) is 0 Å². The van der Waals surface area contributed by atoms with Gasteiger partial charge in [0.1, 0.15) is 17.2 Å². The molecule has 0 aromatic heterocycles. The molecule has 0 spiro atoms. The van der Waals surface area contributed by atoms with Gasteiger partial charge in [0.2, 0.25) is 0 Å². The Labute approximate surface area is 99.6 Å². The van der Waals surface area contributed by atoms with Gasteiger partial charge < -0.3 is 15.3 Å². The summed E-state index contributed by atoms with van der Waals surface area (Å²) < 4.78 is 0. The highest BCUT2D eigenvalue weighted by Crippen LogP contribution is 2.41. The molecule has 2 aromatic rings. The fraction of sp³-hybridized carbons (Fsp3) is 0.143. The molecular weight excluding hydrogens is 216 g/mol. The lowest BCUT2D eigenvalue weighted by Crippen LogP contribution is -1.85. The van der Waals surface area contributed by atoms with Gasteiger partial charge in [-0.2, -0.15) is 0 Å². The highest BCUT2D eigenvalue weighted by Gasteiger charge is 2.13. The Morgan fingerprint density at radius 1 is 0.882 bits per heavy atom. The first kappa shape index (κ1) is 11.3. The standard InChI is InChI=1S/C14H14O3/c1-2-9-6-7-10(13(17)8-9)14-11(15)4-3-5-12(14)16/h3-8,15-17H,2H2,1H3. The molecule has 3 N–H and O–H groups in total. The molecule has 0 aliphatic heterocycles. The van der Waals surface area contributed by atoms with E-state index in [0.717, 1.165) is 12.0 Å². The average Bonchev–Trinajstić information content (AvgIpc) is 2.30. The summed E-state index contributed by atoms with van der Waals surface area (Å²) in [5.41, 5.74) is 1.69. The highest BCUT2D eigenvalue weighted by molar-refractivity contribution is 5.80. The molecular formula is C14H14O3. The maximum Gasteiger partial charge on any atom is 0.127 e. The minimum atomic E-state index is -0.0513. The van der Waals surface area contributed by atoms with E-state index < -0.39 is 0 Å². The molecule has 0 aliphatic carbocycles. The first-order valence-electron chi connectivity index (χ1n) is 5.46. The number of hydrogen-bond donors (Lipinski definition) is 3. The van der Waals surface area contributed by atoms with Crippen molar-refractivity contribution in [1.29, 1.82) is 0 Å². The maximum atomic E-state index is 9.90. The molecule has 0 saturated heterocycles. The van der Waals surface area contributed by atoms with Crippen LogP contribution in [-0.4, -0.2) is 15.3 Å². The van der Waals surface area contributed by atoms with E-state index >= 15 is 0 Å². The van der Waals surface area contributed by atoms with Crippen molar-refractivity contribution in [3.63, 3.8) is 0 Å². The molecule has 2 rings (SSSR count). The van der Waals surface area contributed by atoms with E-state index in [4.69, 9.17) is 0 Å². The molecule has 0 unspecified atom stereocenters. The normalized spacial score (nSPS) is 10.4. The Morgan fingerprint density at radius 2 is 1.53 bits per heavy atom. The van der Waals surface area contributed by atoms with Gasteiger partial charge in [-0.1, -0.05) is 25.1 Å². The maximum absolute atomic E-state index is 9.90. The fourth-order valence-corrected chi connectivity index (χ4v) is 1.81. The van der Waals surface area contributed by atoms with Crippen molar-refractivity contribution >= 4 is 0 Å². The summed E-state index contributed by atoms with van der Waals surface area (Å²) in [7, 11) is 0. The summed E-state index contributed by atoms with van der Waals surface area (Å²) in [6.45, 7) is 1.99. The minimum Gasteiger partial charge on any atom is -0.507 e. The number of benzene rings is 2. The van der Waals surface area contributed by atoms with Crippen LogP contribution in [-0.2, 0) is 6.42 Å². The molecule has 0 heterocycles. The van der Waals surface area contributed by atoms with Crippen molar-refractivity contribution in [3.8, 4) is 28.4 Å². The highest BCUT2D eigenvalue weighted by atomic mass is 16.3. The van der Waals surface area contributed by atoms with Crippen molar-refractivity contribution < 1.29 is 15.3 Å². The smallest absolute Gasteiger partial charge is 0.127 e. The van der Waals surface area contributed by atoms with E-state index in [9.17, 15) is 15.3 Å². The minimum absolute atomic E-state index is 0.0513. The molecule has 88 valence electrons. The van der Waals surface area contributed by atoms with Gasteiger partial charge in [-0.15, -0.1) is 0 Å². The molecule has 17 heavy (non-hydrogen) atoms. The SMILES string of the molecule is CCc1ccc(-c2c(O)cccc2O)c(O)c1. The zero-order valence-electron chi connectivity index (χ0n) is 9.51. The van der Waals surface area contributed by atoms with Gasteiger partial charge in [0.05, 0.1) is 5.56 Å². The van der Waals surface area contributed by atoms with Crippen LogP contribution >= 0.6 is 0 Å². The molecule has 3 heteroatoms. The number of phenols is 3. The third kappa shape index (κ3) is 2.04. The van der Waals surface area contributed by atoms with Crippen LogP contribution in [0.25, 0.3) is 11.1 Å². The van der Waals surface area contributed by atoms with E-state index in [-0.39, 0.29) is 22.8 Å². The fourth-order valence-electron chi connectivity index (χ4n) is 1.81. The van der Waals surface area contributed by atoms with Crippen molar-refractivity contribution in [2.45, 2.75) is 13.3 Å². The van der Waals surface area contributed by atoms with Gasteiger partial charge >= 0.3 is 0 Å². The zero-order valence-corrected chi connectivity index (χ0v) is 9.51. The molecule has 0 radical (unpaired) electrons. The van der Waals surface area contributed by atoms with Gasteiger partial charge in [0.15, 0.2) is 0 Å². The van der Waals surface area contributed by atoms with Crippen LogP contribution < -0.4 is 0 Å². The summed E-state index contributed by atoms with van der Waals surface area (Å²) >= 11 is 0. The molecule has 0 bridgehead atoms. The quantitative estimate of drug-likeness (QED) is 0.743. The monoisotopic (exact) mass is 230 g/mol. The lowest BCUT2D eigenvalue weighted by atomic mass is 10.00. The number of phenolic OH excluding ortho intramolecular Hbond substituents is 3. The number of aryl methyl sites for hydroxylation is 1. The van der Waals surface area contributed by atoms with Gasteiger partial charge in [-0.05, 0) is 30.2 Å². The molecule has 3 nitrogen and oxygen atoms in total. The summed E-state index contributed by atoms with van der Waals surface area (Å²) in [5, 5.41) is 29.4. The number of hydrogen-bond acceptors (Lipinski definition) is 3. The third-order valence-electron chi connectivity index (χ3n) is 2.76. The van der Waals surface area contributed by atoms with Crippen molar-refractivity contribution in [1.82, 2.24) is 0 Å². The zero-order chi connectivity index (χ0) is 12.4. The average molecular weight is 230 g/mol. The number of aromatic hydroxyl groups is 3. The Bertz CT molecular complexity index is 527. The summed E-state index contributed by atoms with van der Waals surface area (Å²) in [5.74, 6) is -0.0461. The van der Waals surface area contributed by atoms with Crippen LogP contribution in [0.4, 0.5) is 0 Å². The van der Waals surface area contributed by atoms with E-state index in [1.54, 1.807) is 18.2 Å².